The standard InChI is InChI=1S/C20H21BrN4O3/c21-16-3-1-2-15(12-16)19(27)23-13-18(26)25-10-6-14(7-11-25)20(28)24-17-4-8-22-9-5-17/h1-5,8-9,12,14H,6-7,10-11,13H2,(H,23,27)(H,22,24,28). The fraction of sp³-hybridized carbons (Fsp3) is 0.300. The van der Waals surface area contributed by atoms with Crippen molar-refractivity contribution in [3.05, 3.63) is 58.8 Å². The summed E-state index contributed by atoms with van der Waals surface area (Å²) in [6.07, 6.45) is 4.45. The number of halogens is 1. The molecule has 2 aromatic rings. The van der Waals surface area contributed by atoms with Crippen LogP contribution in [0, 0.1) is 5.92 Å². The molecule has 0 unspecified atom stereocenters. The van der Waals surface area contributed by atoms with E-state index in [-0.39, 0.29) is 30.2 Å². The minimum Gasteiger partial charge on any atom is -0.343 e. The van der Waals surface area contributed by atoms with Crippen LogP contribution in [0.25, 0.3) is 0 Å². The molecule has 0 atom stereocenters. The number of rotatable bonds is 5. The number of carbonyl (C=O) groups is 3. The smallest absolute Gasteiger partial charge is 0.251 e. The van der Waals surface area contributed by atoms with Gasteiger partial charge in [-0.05, 0) is 43.2 Å². The zero-order valence-corrected chi connectivity index (χ0v) is 16.8. The molecule has 1 saturated heterocycles. The first-order chi connectivity index (χ1) is 13.5. The maximum absolute atomic E-state index is 12.4. The maximum Gasteiger partial charge on any atom is 0.251 e. The number of benzene rings is 1. The highest BCUT2D eigenvalue weighted by molar-refractivity contribution is 9.10. The fourth-order valence-electron chi connectivity index (χ4n) is 3.07. The van der Waals surface area contributed by atoms with Crippen LogP contribution in [-0.4, -0.2) is 47.2 Å². The Balaban J connectivity index is 1.43. The Kier molecular flexibility index (Phi) is 6.76. The number of hydrogen-bond acceptors (Lipinski definition) is 4. The van der Waals surface area contributed by atoms with Gasteiger partial charge in [-0.3, -0.25) is 19.4 Å². The van der Waals surface area contributed by atoms with E-state index in [0.29, 0.717) is 37.2 Å². The average Bonchev–Trinajstić information content (AvgIpc) is 2.72. The predicted octanol–water partition coefficient (Wildman–Crippen LogP) is 2.45. The van der Waals surface area contributed by atoms with Crippen LogP contribution in [0.15, 0.2) is 53.3 Å². The van der Waals surface area contributed by atoms with Crippen LogP contribution in [0.3, 0.4) is 0 Å². The van der Waals surface area contributed by atoms with Crippen LogP contribution in [0.4, 0.5) is 5.69 Å². The molecule has 7 nitrogen and oxygen atoms in total. The number of nitrogens with zero attached hydrogens (tertiary/aromatic N) is 2. The van der Waals surface area contributed by atoms with Gasteiger partial charge in [-0.1, -0.05) is 22.0 Å². The minimum atomic E-state index is -0.290. The second-order valence-electron chi connectivity index (χ2n) is 6.57. The molecule has 28 heavy (non-hydrogen) atoms. The summed E-state index contributed by atoms with van der Waals surface area (Å²) in [6.45, 7) is 0.944. The van der Waals surface area contributed by atoms with Crippen LogP contribution >= 0.6 is 15.9 Å². The molecular weight excluding hydrogens is 424 g/mol. The lowest BCUT2D eigenvalue weighted by Crippen LogP contribution is -2.45. The molecule has 8 heteroatoms. The molecule has 0 aliphatic carbocycles. The summed E-state index contributed by atoms with van der Waals surface area (Å²) in [7, 11) is 0. The van der Waals surface area contributed by atoms with E-state index in [0.717, 1.165) is 4.47 Å². The Morgan fingerprint density at radius 1 is 1.11 bits per heavy atom. The Labute approximate surface area is 171 Å². The molecule has 0 bridgehead atoms. The third-order valence-electron chi connectivity index (χ3n) is 4.65. The summed E-state index contributed by atoms with van der Waals surface area (Å²) < 4.78 is 0.804. The van der Waals surface area contributed by atoms with Crippen molar-refractivity contribution in [3.63, 3.8) is 0 Å². The molecule has 0 saturated carbocycles. The zero-order valence-electron chi connectivity index (χ0n) is 15.2. The van der Waals surface area contributed by atoms with Gasteiger partial charge in [-0.15, -0.1) is 0 Å². The predicted molar refractivity (Wildman–Crippen MR) is 109 cm³/mol. The van der Waals surface area contributed by atoms with Crippen molar-refractivity contribution in [2.24, 2.45) is 5.92 Å². The third-order valence-corrected chi connectivity index (χ3v) is 5.15. The monoisotopic (exact) mass is 444 g/mol. The van der Waals surface area contributed by atoms with E-state index in [1.807, 2.05) is 6.07 Å². The number of hydrogen-bond donors (Lipinski definition) is 2. The van der Waals surface area contributed by atoms with Gasteiger partial charge in [-0.25, -0.2) is 0 Å². The summed E-state index contributed by atoms with van der Waals surface area (Å²) in [5.41, 5.74) is 1.21. The molecule has 0 radical (unpaired) electrons. The van der Waals surface area contributed by atoms with Gasteiger partial charge in [0.15, 0.2) is 0 Å². The van der Waals surface area contributed by atoms with E-state index in [4.69, 9.17) is 0 Å². The third kappa shape index (κ3) is 5.39. The van der Waals surface area contributed by atoms with Crippen molar-refractivity contribution in [3.8, 4) is 0 Å². The SMILES string of the molecule is O=C(NCC(=O)N1CCC(C(=O)Nc2ccncc2)CC1)c1cccc(Br)c1. The minimum absolute atomic E-state index is 0.0405. The van der Waals surface area contributed by atoms with E-state index in [1.165, 1.54) is 0 Å². The molecule has 0 spiro atoms. The van der Waals surface area contributed by atoms with Gasteiger partial charge in [0.2, 0.25) is 11.8 Å². The molecule has 3 amide bonds. The number of amides is 3. The summed E-state index contributed by atoms with van der Waals surface area (Å²) in [5, 5.41) is 5.53. The first-order valence-corrected chi connectivity index (χ1v) is 9.84. The topological polar surface area (TPSA) is 91.4 Å². The zero-order chi connectivity index (χ0) is 19.9. The van der Waals surface area contributed by atoms with Crippen LogP contribution in [0.1, 0.15) is 23.2 Å². The first kappa shape index (κ1) is 20.0. The quantitative estimate of drug-likeness (QED) is 0.740. The molecule has 2 N–H and O–H groups in total. The average molecular weight is 445 g/mol. The summed E-state index contributed by atoms with van der Waals surface area (Å²) >= 11 is 3.32. The molecule has 1 aliphatic heterocycles. The lowest BCUT2D eigenvalue weighted by Gasteiger charge is -2.31. The van der Waals surface area contributed by atoms with Gasteiger partial charge in [0, 0.05) is 47.1 Å². The summed E-state index contributed by atoms with van der Waals surface area (Å²) in [4.78, 5) is 42.5. The molecular formula is C20H21BrN4O3. The Hall–Kier alpha value is -2.74. The second kappa shape index (κ2) is 9.45. The van der Waals surface area contributed by atoms with Crippen LogP contribution in [0.2, 0.25) is 0 Å². The molecule has 1 aliphatic rings. The van der Waals surface area contributed by atoms with E-state index in [9.17, 15) is 14.4 Å². The van der Waals surface area contributed by atoms with E-state index < -0.39 is 0 Å². The van der Waals surface area contributed by atoms with Crippen LogP contribution in [-0.2, 0) is 9.59 Å². The van der Waals surface area contributed by atoms with Crippen molar-refractivity contribution in [1.29, 1.82) is 0 Å². The number of pyridine rings is 1. The molecule has 3 rings (SSSR count). The fourth-order valence-corrected chi connectivity index (χ4v) is 3.47. The highest BCUT2D eigenvalue weighted by Crippen LogP contribution is 2.19. The van der Waals surface area contributed by atoms with E-state index >= 15 is 0 Å². The van der Waals surface area contributed by atoms with Gasteiger partial charge in [0.05, 0.1) is 6.54 Å². The highest BCUT2D eigenvalue weighted by atomic mass is 79.9. The lowest BCUT2D eigenvalue weighted by molar-refractivity contribution is -0.133. The molecule has 1 fully saturated rings. The van der Waals surface area contributed by atoms with E-state index in [1.54, 1.807) is 47.6 Å². The number of piperidine rings is 1. The van der Waals surface area contributed by atoms with Crippen molar-refractivity contribution >= 4 is 39.3 Å². The Bertz CT molecular complexity index is 852. The maximum atomic E-state index is 12.4. The summed E-state index contributed by atoms with van der Waals surface area (Å²) in [5.74, 6) is -0.604. The molecule has 1 aromatic heterocycles. The van der Waals surface area contributed by atoms with Crippen LogP contribution in [0.5, 0.6) is 0 Å². The molecule has 146 valence electrons. The van der Waals surface area contributed by atoms with Crippen molar-refractivity contribution < 1.29 is 14.4 Å². The van der Waals surface area contributed by atoms with Crippen molar-refractivity contribution in [2.45, 2.75) is 12.8 Å². The van der Waals surface area contributed by atoms with Gasteiger partial charge in [0.1, 0.15) is 0 Å². The number of likely N-dealkylation sites (tertiary alicyclic amines) is 1. The van der Waals surface area contributed by atoms with Gasteiger partial charge < -0.3 is 15.5 Å². The van der Waals surface area contributed by atoms with Crippen molar-refractivity contribution in [2.75, 3.05) is 25.0 Å². The lowest BCUT2D eigenvalue weighted by atomic mass is 9.95. The van der Waals surface area contributed by atoms with E-state index in [2.05, 4.69) is 31.5 Å². The number of carbonyl (C=O) groups excluding carboxylic acids is 3. The largest absolute Gasteiger partial charge is 0.343 e. The van der Waals surface area contributed by atoms with Gasteiger partial charge in [-0.2, -0.15) is 0 Å². The first-order valence-electron chi connectivity index (χ1n) is 9.05. The Morgan fingerprint density at radius 2 is 1.82 bits per heavy atom. The number of nitrogens with one attached hydrogen (secondary N) is 2. The number of aromatic nitrogens is 1. The Morgan fingerprint density at radius 3 is 2.50 bits per heavy atom. The van der Waals surface area contributed by atoms with Gasteiger partial charge in [0.25, 0.3) is 5.91 Å². The van der Waals surface area contributed by atoms with Crippen molar-refractivity contribution in [1.82, 2.24) is 15.2 Å². The van der Waals surface area contributed by atoms with Gasteiger partial charge >= 0.3 is 0 Å². The normalized spacial score (nSPS) is 14.4. The summed E-state index contributed by atoms with van der Waals surface area (Å²) in [6, 6.07) is 10.5. The highest BCUT2D eigenvalue weighted by Gasteiger charge is 2.27. The molecule has 2 heterocycles. The molecule has 1 aromatic carbocycles. The number of anilines is 1. The van der Waals surface area contributed by atoms with Crippen LogP contribution < -0.4 is 10.6 Å². The second-order valence-corrected chi connectivity index (χ2v) is 7.49.